The molecule has 1 atom stereocenters. The molecule has 0 unspecified atom stereocenters. The first-order valence-corrected chi connectivity index (χ1v) is 9.45. The van der Waals surface area contributed by atoms with Gasteiger partial charge in [-0.05, 0) is 41.1 Å². The molecule has 2 aromatic rings. The normalized spacial score (nSPS) is 16.6. The Morgan fingerprint density at radius 3 is 2.52 bits per heavy atom. The van der Waals surface area contributed by atoms with Crippen LogP contribution in [0.15, 0.2) is 71.6 Å². The summed E-state index contributed by atoms with van der Waals surface area (Å²) < 4.78 is 12.0. The highest BCUT2D eigenvalue weighted by atomic mass is 127. The molecule has 0 amide bonds. The Hall–Kier alpha value is -2.79. The van der Waals surface area contributed by atoms with Crippen molar-refractivity contribution in [3.63, 3.8) is 0 Å². The fourth-order valence-electron chi connectivity index (χ4n) is 3.00. The Bertz CT molecular complexity index is 974. The molecule has 3 rings (SSSR count). The quantitative estimate of drug-likeness (QED) is 0.536. The van der Waals surface area contributed by atoms with E-state index in [0.717, 1.165) is 9.13 Å². The smallest absolute Gasteiger partial charge is 0.338 e. The fourth-order valence-corrected chi connectivity index (χ4v) is 3.70. The molecule has 27 heavy (non-hydrogen) atoms. The van der Waals surface area contributed by atoms with E-state index >= 15 is 0 Å². The highest BCUT2D eigenvalue weighted by Crippen LogP contribution is 2.43. The monoisotopic (exact) mass is 472 g/mol. The third-order valence-corrected chi connectivity index (χ3v) is 5.15. The van der Waals surface area contributed by atoms with Crippen LogP contribution in [0.3, 0.4) is 0 Å². The van der Waals surface area contributed by atoms with Gasteiger partial charge in [0, 0.05) is 9.13 Å². The average Bonchev–Trinajstić information content (AvgIpc) is 2.68. The van der Waals surface area contributed by atoms with E-state index in [1.165, 1.54) is 0 Å². The summed E-state index contributed by atoms with van der Waals surface area (Å²) in [6.45, 7) is 1.95. The first kappa shape index (κ1) is 19.0. The molecule has 5 nitrogen and oxygen atoms in total. The number of ether oxygens (including phenoxy) is 2. The van der Waals surface area contributed by atoms with Gasteiger partial charge in [-0.2, -0.15) is 5.26 Å². The molecule has 6 heteroatoms. The number of nitrogens with two attached hydrogens (primary N) is 1. The number of allylic oxidation sites excluding steroid dienone is 1. The summed E-state index contributed by atoms with van der Waals surface area (Å²) in [7, 11) is 0. The molecular formula is C21H17IN2O3. The summed E-state index contributed by atoms with van der Waals surface area (Å²) in [5, 5.41) is 9.73. The van der Waals surface area contributed by atoms with Crippen LogP contribution in [-0.2, 0) is 14.3 Å². The number of nitrogens with zero attached hydrogens (tertiary/aromatic N) is 1. The van der Waals surface area contributed by atoms with Gasteiger partial charge < -0.3 is 15.2 Å². The van der Waals surface area contributed by atoms with E-state index < -0.39 is 11.9 Å². The molecule has 136 valence electrons. The zero-order valence-electron chi connectivity index (χ0n) is 14.6. The molecular weight excluding hydrogens is 455 g/mol. The number of benzene rings is 2. The number of rotatable bonds is 4. The molecule has 0 radical (unpaired) electrons. The number of hydrogen-bond acceptors (Lipinski definition) is 5. The summed E-state index contributed by atoms with van der Waals surface area (Å²) in [6.07, 6.45) is 0. The predicted octanol–water partition coefficient (Wildman–Crippen LogP) is 4.07. The predicted molar refractivity (Wildman–Crippen MR) is 110 cm³/mol. The Balaban J connectivity index is 2.31. The van der Waals surface area contributed by atoms with Crippen molar-refractivity contribution in [3.05, 3.63) is 86.3 Å². The summed E-state index contributed by atoms with van der Waals surface area (Å²) in [4.78, 5) is 12.9. The van der Waals surface area contributed by atoms with Crippen LogP contribution in [0, 0.1) is 14.9 Å². The van der Waals surface area contributed by atoms with Crippen molar-refractivity contribution in [1.29, 1.82) is 5.26 Å². The molecule has 0 aromatic heterocycles. The van der Waals surface area contributed by atoms with Crippen LogP contribution < -0.4 is 5.73 Å². The van der Waals surface area contributed by atoms with E-state index in [0.29, 0.717) is 11.3 Å². The molecule has 2 N–H and O–H groups in total. The van der Waals surface area contributed by atoms with Crippen LogP contribution >= 0.6 is 22.6 Å². The maximum Gasteiger partial charge on any atom is 0.338 e. The number of halogens is 1. The largest absolute Gasteiger partial charge is 0.463 e. The lowest BCUT2D eigenvalue weighted by Crippen LogP contribution is -2.26. The highest BCUT2D eigenvalue weighted by Gasteiger charge is 2.38. The molecule has 0 spiro atoms. The first-order chi connectivity index (χ1) is 13.1. The number of nitriles is 1. The lowest BCUT2D eigenvalue weighted by atomic mass is 9.82. The van der Waals surface area contributed by atoms with Crippen LogP contribution in [0.25, 0.3) is 5.76 Å². The maximum absolute atomic E-state index is 12.9. The zero-order valence-corrected chi connectivity index (χ0v) is 16.8. The molecule has 0 fully saturated rings. The van der Waals surface area contributed by atoms with Gasteiger partial charge in [-0.1, -0.05) is 48.5 Å². The van der Waals surface area contributed by atoms with Crippen LogP contribution in [0.4, 0.5) is 0 Å². The van der Waals surface area contributed by atoms with Gasteiger partial charge in [0.2, 0.25) is 5.88 Å². The summed E-state index contributed by atoms with van der Waals surface area (Å²) in [6, 6.07) is 18.9. The standard InChI is InChI=1S/C21H17IN2O3/c1-2-26-21(25)18-17(14-10-6-7-11-16(14)22)15(12-23)20(24)27-19(18)13-8-4-3-5-9-13/h3-11,17H,2,24H2,1H3/t17-/m1/s1. The molecule has 1 heterocycles. The molecule has 0 bridgehead atoms. The molecule has 0 saturated carbocycles. The van der Waals surface area contributed by atoms with Gasteiger partial charge in [0.15, 0.2) is 0 Å². The maximum atomic E-state index is 12.9. The highest BCUT2D eigenvalue weighted by molar-refractivity contribution is 14.1. The Morgan fingerprint density at radius 1 is 1.22 bits per heavy atom. The second-order valence-electron chi connectivity index (χ2n) is 5.78. The summed E-state index contributed by atoms with van der Waals surface area (Å²) in [5.74, 6) is -0.878. The van der Waals surface area contributed by atoms with E-state index in [9.17, 15) is 10.1 Å². The molecule has 0 saturated heterocycles. The number of carbonyl (C=O) groups excluding carboxylic acids is 1. The van der Waals surface area contributed by atoms with E-state index in [-0.39, 0.29) is 23.6 Å². The number of esters is 1. The zero-order chi connectivity index (χ0) is 19.4. The van der Waals surface area contributed by atoms with Crippen molar-refractivity contribution in [2.75, 3.05) is 6.61 Å². The Morgan fingerprint density at radius 2 is 1.89 bits per heavy atom. The van der Waals surface area contributed by atoms with Crippen molar-refractivity contribution in [1.82, 2.24) is 0 Å². The van der Waals surface area contributed by atoms with Gasteiger partial charge >= 0.3 is 5.97 Å². The lowest BCUT2D eigenvalue weighted by molar-refractivity contribution is -0.138. The van der Waals surface area contributed by atoms with Crippen LogP contribution in [-0.4, -0.2) is 12.6 Å². The minimum absolute atomic E-state index is 0.00551. The van der Waals surface area contributed by atoms with E-state index in [1.807, 2.05) is 54.6 Å². The van der Waals surface area contributed by atoms with Gasteiger partial charge in [-0.3, -0.25) is 0 Å². The van der Waals surface area contributed by atoms with Gasteiger partial charge in [0.05, 0.1) is 18.1 Å². The topological polar surface area (TPSA) is 85.3 Å². The van der Waals surface area contributed by atoms with Crippen molar-refractivity contribution < 1.29 is 14.3 Å². The minimum Gasteiger partial charge on any atom is -0.463 e. The fraction of sp³-hybridized carbons (Fsp3) is 0.143. The molecule has 1 aliphatic heterocycles. The number of carbonyl (C=O) groups is 1. The van der Waals surface area contributed by atoms with Crippen molar-refractivity contribution in [2.45, 2.75) is 12.8 Å². The molecule has 2 aromatic carbocycles. The van der Waals surface area contributed by atoms with E-state index in [2.05, 4.69) is 28.7 Å². The van der Waals surface area contributed by atoms with Gasteiger partial charge in [0.25, 0.3) is 0 Å². The van der Waals surface area contributed by atoms with E-state index in [4.69, 9.17) is 15.2 Å². The van der Waals surface area contributed by atoms with Crippen LogP contribution in [0.5, 0.6) is 0 Å². The van der Waals surface area contributed by atoms with Crippen LogP contribution in [0.1, 0.15) is 24.0 Å². The Kier molecular flexibility index (Phi) is 5.81. The second-order valence-corrected chi connectivity index (χ2v) is 6.94. The molecule has 0 aliphatic carbocycles. The third kappa shape index (κ3) is 3.69. The van der Waals surface area contributed by atoms with Gasteiger partial charge in [-0.25, -0.2) is 4.79 Å². The van der Waals surface area contributed by atoms with Gasteiger partial charge in [0.1, 0.15) is 17.4 Å². The second kappa shape index (κ2) is 8.27. The minimum atomic E-state index is -0.661. The lowest BCUT2D eigenvalue weighted by Gasteiger charge is -2.28. The average molecular weight is 472 g/mol. The van der Waals surface area contributed by atoms with Gasteiger partial charge in [-0.15, -0.1) is 0 Å². The van der Waals surface area contributed by atoms with Crippen molar-refractivity contribution in [2.24, 2.45) is 5.73 Å². The molecule has 1 aliphatic rings. The summed E-state index contributed by atoms with van der Waals surface area (Å²) in [5.41, 5.74) is 8.04. The SMILES string of the molecule is CCOC(=O)C1=C(c2ccccc2)OC(N)=C(C#N)[C@H]1c1ccccc1I. The Labute approximate surface area is 171 Å². The first-order valence-electron chi connectivity index (χ1n) is 8.37. The van der Waals surface area contributed by atoms with E-state index in [1.54, 1.807) is 6.92 Å². The third-order valence-electron chi connectivity index (χ3n) is 4.17. The van der Waals surface area contributed by atoms with Crippen molar-refractivity contribution in [3.8, 4) is 6.07 Å². The summed E-state index contributed by atoms with van der Waals surface area (Å²) >= 11 is 2.18. The number of hydrogen-bond donors (Lipinski definition) is 1. The van der Waals surface area contributed by atoms with Crippen molar-refractivity contribution >= 4 is 34.3 Å². The van der Waals surface area contributed by atoms with Crippen LogP contribution in [0.2, 0.25) is 0 Å².